The maximum absolute atomic E-state index is 11.0. The molecule has 5 nitrogen and oxygen atoms in total. The SMILES string of the molecule is COCCOCCCN1CCSCC1C(=O)O. The molecule has 0 amide bonds. The van der Waals surface area contributed by atoms with Crippen LogP contribution in [0, 0.1) is 0 Å². The normalized spacial score (nSPS) is 21.6. The molecular formula is C11H21NO4S. The van der Waals surface area contributed by atoms with Crippen LogP contribution < -0.4 is 0 Å². The maximum Gasteiger partial charge on any atom is 0.321 e. The van der Waals surface area contributed by atoms with Crippen molar-refractivity contribution in [3.05, 3.63) is 0 Å². The van der Waals surface area contributed by atoms with Crippen molar-refractivity contribution in [1.82, 2.24) is 4.90 Å². The molecule has 0 spiro atoms. The summed E-state index contributed by atoms with van der Waals surface area (Å²) in [5, 5.41) is 9.08. The van der Waals surface area contributed by atoms with E-state index in [-0.39, 0.29) is 6.04 Å². The van der Waals surface area contributed by atoms with Crippen LogP contribution in [0.4, 0.5) is 0 Å². The average Bonchev–Trinajstić information content (AvgIpc) is 2.34. The monoisotopic (exact) mass is 263 g/mol. The molecule has 1 heterocycles. The first-order chi connectivity index (χ1) is 8.25. The van der Waals surface area contributed by atoms with E-state index in [2.05, 4.69) is 0 Å². The number of carboxylic acids is 1. The van der Waals surface area contributed by atoms with E-state index in [1.54, 1.807) is 18.9 Å². The maximum atomic E-state index is 11.0. The molecule has 17 heavy (non-hydrogen) atoms. The summed E-state index contributed by atoms with van der Waals surface area (Å²) < 4.78 is 10.2. The first-order valence-electron chi connectivity index (χ1n) is 5.87. The number of nitrogens with zero attached hydrogens (tertiary/aromatic N) is 1. The first kappa shape index (κ1) is 14.8. The number of hydrogen-bond donors (Lipinski definition) is 1. The van der Waals surface area contributed by atoms with E-state index in [9.17, 15) is 4.79 Å². The van der Waals surface area contributed by atoms with Crippen LogP contribution in [-0.2, 0) is 14.3 Å². The van der Waals surface area contributed by atoms with Crippen molar-refractivity contribution < 1.29 is 19.4 Å². The van der Waals surface area contributed by atoms with Crippen LogP contribution in [0.25, 0.3) is 0 Å². The summed E-state index contributed by atoms with van der Waals surface area (Å²) in [6, 6.07) is -0.326. The van der Waals surface area contributed by atoms with Gasteiger partial charge in [0.05, 0.1) is 13.2 Å². The zero-order valence-electron chi connectivity index (χ0n) is 10.3. The lowest BCUT2D eigenvalue weighted by molar-refractivity contribution is -0.142. The smallest absolute Gasteiger partial charge is 0.321 e. The van der Waals surface area contributed by atoms with Gasteiger partial charge in [0.1, 0.15) is 6.04 Å². The number of carbonyl (C=O) groups is 1. The highest BCUT2D eigenvalue weighted by atomic mass is 32.2. The molecule has 0 bridgehead atoms. The zero-order chi connectivity index (χ0) is 12.5. The molecule has 1 N–H and O–H groups in total. The summed E-state index contributed by atoms with van der Waals surface area (Å²) in [5.41, 5.74) is 0. The first-order valence-corrected chi connectivity index (χ1v) is 7.02. The van der Waals surface area contributed by atoms with Gasteiger partial charge < -0.3 is 14.6 Å². The average molecular weight is 263 g/mol. The van der Waals surface area contributed by atoms with Gasteiger partial charge in [0, 0.05) is 38.3 Å². The van der Waals surface area contributed by atoms with E-state index in [1.165, 1.54) is 0 Å². The van der Waals surface area contributed by atoms with Crippen LogP contribution in [-0.4, -0.2) is 73.5 Å². The van der Waals surface area contributed by atoms with Gasteiger partial charge >= 0.3 is 5.97 Å². The predicted octanol–water partition coefficient (Wildman–Crippen LogP) is 0.542. The summed E-state index contributed by atoms with van der Waals surface area (Å²) in [5.74, 6) is 1.01. The third-order valence-corrected chi connectivity index (χ3v) is 3.71. The standard InChI is InChI=1S/C11H21NO4S/c1-15-6-7-16-5-2-3-12-4-8-17-9-10(12)11(13)14/h10H,2-9H2,1H3,(H,13,14). The topological polar surface area (TPSA) is 59.0 Å². The third kappa shape index (κ3) is 5.72. The van der Waals surface area contributed by atoms with Crippen LogP contribution in [0.5, 0.6) is 0 Å². The molecule has 1 aliphatic rings. The second-order valence-corrected chi connectivity index (χ2v) is 5.07. The van der Waals surface area contributed by atoms with Crippen LogP contribution >= 0.6 is 11.8 Å². The minimum absolute atomic E-state index is 0.326. The van der Waals surface area contributed by atoms with E-state index in [0.29, 0.717) is 25.6 Å². The Bertz CT molecular complexity index is 228. The Morgan fingerprint density at radius 3 is 3.00 bits per heavy atom. The van der Waals surface area contributed by atoms with Gasteiger partial charge in [-0.15, -0.1) is 0 Å². The Hall–Kier alpha value is -0.300. The minimum atomic E-state index is -0.711. The molecule has 0 radical (unpaired) electrons. The van der Waals surface area contributed by atoms with Crippen LogP contribution in [0.3, 0.4) is 0 Å². The molecule has 1 saturated heterocycles. The van der Waals surface area contributed by atoms with Gasteiger partial charge in [0.25, 0.3) is 0 Å². The second-order valence-electron chi connectivity index (χ2n) is 3.92. The van der Waals surface area contributed by atoms with Gasteiger partial charge in [0.15, 0.2) is 0 Å². The summed E-state index contributed by atoms with van der Waals surface area (Å²) in [6.07, 6.45) is 0.873. The minimum Gasteiger partial charge on any atom is -0.480 e. The molecule has 0 aromatic rings. The number of aliphatic carboxylic acids is 1. The molecule has 1 aliphatic heterocycles. The van der Waals surface area contributed by atoms with Crippen LogP contribution in [0.1, 0.15) is 6.42 Å². The lowest BCUT2D eigenvalue weighted by Crippen LogP contribution is -2.47. The molecule has 0 aliphatic carbocycles. The molecule has 1 fully saturated rings. The Balaban J connectivity index is 2.13. The quantitative estimate of drug-likeness (QED) is 0.645. The lowest BCUT2D eigenvalue weighted by Gasteiger charge is -2.32. The Morgan fingerprint density at radius 2 is 2.29 bits per heavy atom. The number of methoxy groups -OCH3 is 1. The molecule has 1 atom stereocenters. The fourth-order valence-corrected chi connectivity index (χ4v) is 2.85. The highest BCUT2D eigenvalue weighted by molar-refractivity contribution is 7.99. The molecule has 0 saturated carbocycles. The van der Waals surface area contributed by atoms with Crippen molar-refractivity contribution >= 4 is 17.7 Å². The number of ether oxygens (including phenoxy) is 2. The number of thioether (sulfide) groups is 1. The van der Waals surface area contributed by atoms with Crippen molar-refractivity contribution in [2.24, 2.45) is 0 Å². The number of carboxylic acid groups (broad SMARTS) is 1. The number of rotatable bonds is 8. The summed E-state index contributed by atoms with van der Waals surface area (Å²) >= 11 is 1.72. The van der Waals surface area contributed by atoms with Crippen LogP contribution in [0.2, 0.25) is 0 Å². The fraction of sp³-hybridized carbons (Fsp3) is 0.909. The van der Waals surface area contributed by atoms with Gasteiger partial charge in [-0.2, -0.15) is 11.8 Å². The van der Waals surface area contributed by atoms with Gasteiger partial charge in [-0.3, -0.25) is 9.69 Å². The molecule has 1 rings (SSSR count). The summed E-state index contributed by atoms with van der Waals surface area (Å²) in [6.45, 7) is 3.54. The van der Waals surface area contributed by atoms with E-state index in [4.69, 9.17) is 14.6 Å². The molecular weight excluding hydrogens is 242 g/mol. The molecule has 0 aromatic carbocycles. The fourth-order valence-electron chi connectivity index (χ4n) is 1.75. The lowest BCUT2D eigenvalue weighted by atomic mass is 10.2. The van der Waals surface area contributed by atoms with Gasteiger partial charge in [-0.1, -0.05) is 0 Å². The third-order valence-electron chi connectivity index (χ3n) is 2.69. The Kier molecular flexibility index (Phi) is 7.59. The van der Waals surface area contributed by atoms with E-state index >= 15 is 0 Å². The van der Waals surface area contributed by atoms with Crippen molar-refractivity contribution in [2.75, 3.05) is 51.5 Å². The largest absolute Gasteiger partial charge is 0.480 e. The van der Waals surface area contributed by atoms with Gasteiger partial charge in [-0.05, 0) is 6.42 Å². The highest BCUT2D eigenvalue weighted by Crippen LogP contribution is 2.16. The Labute approximate surface area is 106 Å². The van der Waals surface area contributed by atoms with Crippen molar-refractivity contribution in [3.63, 3.8) is 0 Å². The van der Waals surface area contributed by atoms with E-state index < -0.39 is 5.97 Å². The van der Waals surface area contributed by atoms with Gasteiger partial charge in [0.2, 0.25) is 0 Å². The predicted molar refractivity (Wildman–Crippen MR) is 67.6 cm³/mol. The zero-order valence-corrected chi connectivity index (χ0v) is 11.1. The molecule has 100 valence electrons. The van der Waals surface area contributed by atoms with Crippen molar-refractivity contribution in [1.29, 1.82) is 0 Å². The number of hydrogen-bond acceptors (Lipinski definition) is 5. The summed E-state index contributed by atoms with van der Waals surface area (Å²) in [7, 11) is 1.65. The highest BCUT2D eigenvalue weighted by Gasteiger charge is 2.27. The van der Waals surface area contributed by atoms with E-state index in [0.717, 1.165) is 25.3 Å². The molecule has 6 heteroatoms. The molecule has 0 aromatic heterocycles. The second kappa shape index (κ2) is 8.74. The van der Waals surface area contributed by atoms with Gasteiger partial charge in [-0.25, -0.2) is 0 Å². The molecule has 1 unspecified atom stereocenters. The van der Waals surface area contributed by atoms with Crippen LogP contribution in [0.15, 0.2) is 0 Å². The van der Waals surface area contributed by atoms with Crippen molar-refractivity contribution in [2.45, 2.75) is 12.5 Å². The summed E-state index contributed by atoms with van der Waals surface area (Å²) in [4.78, 5) is 13.1. The van der Waals surface area contributed by atoms with Crippen molar-refractivity contribution in [3.8, 4) is 0 Å². The Morgan fingerprint density at radius 1 is 1.47 bits per heavy atom. The van der Waals surface area contributed by atoms with E-state index in [1.807, 2.05) is 4.90 Å².